The van der Waals surface area contributed by atoms with Crippen LogP contribution in [0.3, 0.4) is 0 Å². The van der Waals surface area contributed by atoms with Gasteiger partial charge in [-0.25, -0.2) is 0 Å². The SMILES string of the molecule is CN(C)c1cc(C#CCc2ccccc2)c(O)c2c1C[C@@]1(C)C[C@@]3(C)[C@H](N(C)C)C(=O)C(C(N)=O)=C(O)[C@@]3(O)C(=O)C1=C2O. The van der Waals surface area contributed by atoms with Crippen LogP contribution < -0.4 is 10.6 Å². The molecule has 0 saturated heterocycles. The van der Waals surface area contributed by atoms with E-state index in [1.165, 1.54) is 11.8 Å². The summed E-state index contributed by atoms with van der Waals surface area (Å²) in [5, 5.41) is 46.7. The number of phenolic OH excluding ortho intramolecular Hbond substituents is 1. The fourth-order valence-electron chi connectivity index (χ4n) is 7.70. The molecule has 1 amide bonds. The summed E-state index contributed by atoms with van der Waals surface area (Å²) in [5.41, 5.74) is 1.28. The van der Waals surface area contributed by atoms with E-state index in [0.29, 0.717) is 17.7 Å². The summed E-state index contributed by atoms with van der Waals surface area (Å²) in [6.07, 6.45) is 0.529. The van der Waals surface area contributed by atoms with Crippen LogP contribution in [0.1, 0.15) is 42.5 Å². The molecule has 10 nitrogen and oxygen atoms in total. The Labute approximate surface area is 256 Å². The molecule has 6 N–H and O–H groups in total. The fraction of sp³-hybridized carbons (Fsp3) is 0.382. The molecule has 4 atom stereocenters. The molecule has 1 fully saturated rings. The maximum Gasteiger partial charge on any atom is 0.255 e. The van der Waals surface area contributed by atoms with E-state index < -0.39 is 57.0 Å². The van der Waals surface area contributed by atoms with Crippen molar-refractivity contribution < 1.29 is 34.8 Å². The van der Waals surface area contributed by atoms with Crippen LogP contribution in [0.5, 0.6) is 5.75 Å². The van der Waals surface area contributed by atoms with Crippen LogP contribution in [-0.2, 0) is 27.2 Å². The number of rotatable bonds is 4. The molecule has 0 aromatic heterocycles. The molecule has 0 heterocycles. The van der Waals surface area contributed by atoms with Crippen molar-refractivity contribution in [2.24, 2.45) is 16.6 Å². The molecular weight excluding hydrogens is 562 g/mol. The minimum atomic E-state index is -2.77. The second kappa shape index (κ2) is 10.3. The molecule has 10 heteroatoms. The molecule has 0 spiro atoms. The molecular formula is C34H37N3O7. The highest BCUT2D eigenvalue weighted by Crippen LogP contribution is 2.63. The molecule has 3 aliphatic carbocycles. The number of nitrogens with two attached hydrogens (primary N) is 1. The van der Waals surface area contributed by atoms with Crippen molar-refractivity contribution in [3.05, 3.63) is 75.6 Å². The summed E-state index contributed by atoms with van der Waals surface area (Å²) in [6.45, 7) is 3.27. The van der Waals surface area contributed by atoms with Crippen molar-refractivity contribution in [1.29, 1.82) is 0 Å². The lowest BCUT2D eigenvalue weighted by Crippen LogP contribution is -2.72. The minimum absolute atomic E-state index is 0.00267. The van der Waals surface area contributed by atoms with Gasteiger partial charge in [-0.2, -0.15) is 0 Å². The molecule has 5 rings (SSSR count). The standard InChI is InChI=1S/C34H37N3O7/c1-32-16-20-21(36(3)4)15-19(14-10-13-18-11-8-7-9-12-18)25(38)22(20)26(39)24(32)30(42)34(44)29(41)23(31(35)43)27(40)28(37(5)6)33(34,2)17-32/h7-9,11-12,15,28,38-39,41,44H,13,16-17H2,1-6H3,(H2,35,43)/t28-,32+,33+,34-/m1/s1. The van der Waals surface area contributed by atoms with Crippen molar-refractivity contribution in [3.63, 3.8) is 0 Å². The van der Waals surface area contributed by atoms with Gasteiger partial charge in [-0.05, 0) is 44.1 Å². The normalized spacial score (nSPS) is 27.8. The maximum atomic E-state index is 14.5. The third kappa shape index (κ3) is 4.14. The predicted octanol–water partition coefficient (Wildman–Crippen LogP) is 2.40. The number of Topliss-reactive ketones (excluding diaryl/α,β-unsaturated/α-hetero) is 2. The van der Waals surface area contributed by atoms with Crippen LogP contribution in [-0.4, -0.2) is 82.6 Å². The third-order valence-electron chi connectivity index (χ3n) is 9.45. The van der Waals surface area contributed by atoms with Gasteiger partial charge in [0.2, 0.25) is 5.78 Å². The lowest BCUT2D eigenvalue weighted by atomic mass is 9.46. The molecule has 0 unspecified atom stereocenters. The van der Waals surface area contributed by atoms with E-state index in [4.69, 9.17) is 5.73 Å². The van der Waals surface area contributed by atoms with Crippen LogP contribution in [0.15, 0.2) is 53.3 Å². The maximum absolute atomic E-state index is 14.5. The van der Waals surface area contributed by atoms with Gasteiger partial charge in [0, 0.05) is 42.6 Å². The minimum Gasteiger partial charge on any atom is -0.508 e. The summed E-state index contributed by atoms with van der Waals surface area (Å²) >= 11 is 0. The van der Waals surface area contributed by atoms with Crippen LogP contribution >= 0.6 is 0 Å². The van der Waals surface area contributed by atoms with Crippen LogP contribution in [0.4, 0.5) is 5.69 Å². The smallest absolute Gasteiger partial charge is 0.255 e. The number of ketones is 2. The van der Waals surface area contributed by atoms with Gasteiger partial charge in [-0.1, -0.05) is 56.0 Å². The number of hydrogen-bond donors (Lipinski definition) is 5. The van der Waals surface area contributed by atoms with E-state index in [9.17, 15) is 34.8 Å². The Bertz CT molecular complexity index is 1750. The molecule has 0 bridgehead atoms. The first-order valence-corrected chi connectivity index (χ1v) is 14.3. The van der Waals surface area contributed by atoms with Crippen LogP contribution in [0, 0.1) is 22.7 Å². The van der Waals surface area contributed by atoms with Gasteiger partial charge in [-0.3, -0.25) is 19.3 Å². The Balaban J connectivity index is 1.76. The van der Waals surface area contributed by atoms with Gasteiger partial charge in [0.1, 0.15) is 22.8 Å². The number of amides is 1. The second-order valence-electron chi connectivity index (χ2n) is 12.9. The lowest BCUT2D eigenvalue weighted by Gasteiger charge is -2.59. The van der Waals surface area contributed by atoms with E-state index >= 15 is 0 Å². The molecule has 230 valence electrons. The summed E-state index contributed by atoms with van der Waals surface area (Å²) in [5.74, 6) is 0.871. The second-order valence-corrected chi connectivity index (χ2v) is 12.9. The van der Waals surface area contributed by atoms with E-state index in [1.807, 2.05) is 49.3 Å². The number of fused-ring (bicyclic) bond motifs is 3. The zero-order valence-corrected chi connectivity index (χ0v) is 25.6. The Hall–Kier alpha value is -4.59. The number of carbonyl (C=O) groups is 3. The number of hydrogen-bond acceptors (Lipinski definition) is 9. The highest BCUT2D eigenvalue weighted by molar-refractivity contribution is 6.25. The quantitative estimate of drug-likeness (QED) is 0.262. The van der Waals surface area contributed by atoms with Gasteiger partial charge < -0.3 is 31.1 Å². The molecule has 3 aliphatic rings. The number of nitrogens with zero attached hydrogens (tertiary/aromatic N) is 2. The summed E-state index contributed by atoms with van der Waals surface area (Å²) < 4.78 is 0. The number of phenols is 1. The number of anilines is 1. The number of carbonyl (C=O) groups excluding carboxylic acids is 3. The predicted molar refractivity (Wildman–Crippen MR) is 165 cm³/mol. The average Bonchev–Trinajstić information content (AvgIpc) is 2.92. The Kier molecular flexibility index (Phi) is 7.19. The van der Waals surface area contributed by atoms with Crippen LogP contribution in [0.2, 0.25) is 0 Å². The number of primary amides is 1. The van der Waals surface area contributed by atoms with E-state index in [1.54, 1.807) is 27.1 Å². The lowest BCUT2D eigenvalue weighted by molar-refractivity contribution is -0.175. The average molecular weight is 600 g/mol. The number of benzene rings is 2. The molecule has 1 saturated carbocycles. The molecule has 2 aromatic rings. The first-order valence-electron chi connectivity index (χ1n) is 14.3. The van der Waals surface area contributed by atoms with Crippen molar-refractivity contribution >= 4 is 28.9 Å². The van der Waals surface area contributed by atoms with Crippen molar-refractivity contribution in [3.8, 4) is 17.6 Å². The largest absolute Gasteiger partial charge is 0.508 e. The Morgan fingerprint density at radius 2 is 1.70 bits per heavy atom. The van der Waals surface area contributed by atoms with Crippen LogP contribution in [0.25, 0.3) is 5.76 Å². The van der Waals surface area contributed by atoms with Gasteiger partial charge in [0.25, 0.3) is 5.91 Å². The monoisotopic (exact) mass is 599 g/mol. The van der Waals surface area contributed by atoms with Gasteiger partial charge in [-0.15, -0.1) is 0 Å². The number of likely N-dealkylation sites (N-methyl/N-ethyl adjacent to an activating group) is 1. The molecule has 0 radical (unpaired) electrons. The summed E-state index contributed by atoms with van der Waals surface area (Å²) in [4.78, 5) is 43.7. The highest BCUT2D eigenvalue weighted by Gasteiger charge is 2.72. The Morgan fingerprint density at radius 3 is 2.27 bits per heavy atom. The molecule has 44 heavy (non-hydrogen) atoms. The fourth-order valence-corrected chi connectivity index (χ4v) is 7.70. The topological polar surface area (TPSA) is 165 Å². The molecule has 2 aromatic carbocycles. The van der Waals surface area contributed by atoms with Gasteiger partial charge in [0.05, 0.1) is 17.2 Å². The van der Waals surface area contributed by atoms with E-state index in [0.717, 1.165) is 5.56 Å². The van der Waals surface area contributed by atoms with Crippen molar-refractivity contribution in [2.75, 3.05) is 33.1 Å². The number of aromatic hydroxyl groups is 1. The highest BCUT2D eigenvalue weighted by atomic mass is 16.3. The zero-order valence-electron chi connectivity index (χ0n) is 25.6. The number of aliphatic hydroxyl groups excluding tert-OH is 2. The third-order valence-corrected chi connectivity index (χ3v) is 9.45. The Morgan fingerprint density at radius 1 is 1.07 bits per heavy atom. The first-order chi connectivity index (χ1) is 20.5. The number of aliphatic hydroxyl groups is 3. The van der Waals surface area contributed by atoms with Crippen molar-refractivity contribution in [2.45, 2.75) is 44.8 Å². The summed E-state index contributed by atoms with van der Waals surface area (Å²) in [7, 11) is 6.77. The first kappa shape index (κ1) is 30.9. The summed E-state index contributed by atoms with van der Waals surface area (Å²) in [6, 6.07) is 10.1. The molecule has 0 aliphatic heterocycles. The van der Waals surface area contributed by atoms with E-state index in [2.05, 4.69) is 11.8 Å². The van der Waals surface area contributed by atoms with Gasteiger partial charge in [0.15, 0.2) is 11.4 Å². The zero-order chi connectivity index (χ0) is 32.5. The van der Waals surface area contributed by atoms with Crippen molar-refractivity contribution in [1.82, 2.24) is 4.90 Å². The van der Waals surface area contributed by atoms with E-state index in [-0.39, 0.29) is 35.3 Å². The van der Waals surface area contributed by atoms with Gasteiger partial charge >= 0.3 is 0 Å².